The lowest BCUT2D eigenvalue weighted by molar-refractivity contribution is -0.117. The van der Waals surface area contributed by atoms with E-state index >= 15 is 0 Å². The van der Waals surface area contributed by atoms with Gasteiger partial charge in [-0.3, -0.25) is 9.69 Å². The molecule has 0 unspecified atom stereocenters. The van der Waals surface area contributed by atoms with Crippen LogP contribution in [-0.2, 0) is 14.8 Å². The number of likely N-dealkylation sites (tertiary alicyclic amines) is 1. The molecular formula is C19H31N3O4S. The number of hydrogen-bond acceptors (Lipinski definition) is 5. The van der Waals surface area contributed by atoms with E-state index in [-0.39, 0.29) is 10.8 Å². The minimum absolute atomic E-state index is 0.0869. The summed E-state index contributed by atoms with van der Waals surface area (Å²) in [6, 6.07) is 4.78. The third-order valence-electron chi connectivity index (χ3n) is 4.67. The molecule has 1 fully saturated rings. The van der Waals surface area contributed by atoms with Crippen LogP contribution in [-0.4, -0.2) is 62.9 Å². The zero-order chi connectivity index (χ0) is 19.9. The second-order valence-corrected chi connectivity index (χ2v) is 8.48. The Balaban J connectivity index is 2.22. The van der Waals surface area contributed by atoms with Crippen molar-refractivity contribution in [3.8, 4) is 5.75 Å². The average Bonchev–Trinajstić information content (AvgIpc) is 2.64. The molecule has 7 nitrogen and oxygen atoms in total. The molecule has 27 heavy (non-hydrogen) atoms. The van der Waals surface area contributed by atoms with Gasteiger partial charge in [-0.25, -0.2) is 8.42 Å². The summed E-state index contributed by atoms with van der Waals surface area (Å²) in [4.78, 5) is 14.6. The Morgan fingerprint density at radius 3 is 2.41 bits per heavy atom. The predicted octanol–water partition coefficient (Wildman–Crippen LogP) is 2.54. The van der Waals surface area contributed by atoms with Crippen molar-refractivity contribution in [3.63, 3.8) is 0 Å². The molecule has 0 bridgehead atoms. The van der Waals surface area contributed by atoms with E-state index in [1.54, 1.807) is 26.0 Å². The van der Waals surface area contributed by atoms with Crippen molar-refractivity contribution in [2.24, 2.45) is 0 Å². The van der Waals surface area contributed by atoms with E-state index in [0.29, 0.717) is 37.7 Å². The van der Waals surface area contributed by atoms with Gasteiger partial charge in [-0.15, -0.1) is 0 Å². The molecular weight excluding hydrogens is 366 g/mol. The van der Waals surface area contributed by atoms with Crippen molar-refractivity contribution >= 4 is 21.6 Å². The summed E-state index contributed by atoms with van der Waals surface area (Å²) >= 11 is 0. The average molecular weight is 398 g/mol. The van der Waals surface area contributed by atoms with Gasteiger partial charge < -0.3 is 10.1 Å². The van der Waals surface area contributed by atoms with E-state index in [0.717, 1.165) is 25.9 Å². The molecule has 0 aromatic heterocycles. The van der Waals surface area contributed by atoms with Crippen LogP contribution in [0.5, 0.6) is 5.75 Å². The number of nitrogens with zero attached hydrogens (tertiary/aromatic N) is 2. The first kappa shape index (κ1) is 21.7. The summed E-state index contributed by atoms with van der Waals surface area (Å²) < 4.78 is 32.8. The van der Waals surface area contributed by atoms with Crippen molar-refractivity contribution < 1.29 is 17.9 Å². The molecule has 1 N–H and O–H groups in total. The smallest absolute Gasteiger partial charge is 0.246 e. The van der Waals surface area contributed by atoms with Gasteiger partial charge >= 0.3 is 0 Å². The number of amides is 1. The van der Waals surface area contributed by atoms with Crippen molar-refractivity contribution in [1.29, 1.82) is 0 Å². The minimum atomic E-state index is -3.69. The first-order chi connectivity index (χ1) is 12.9. The van der Waals surface area contributed by atoms with Crippen LogP contribution in [0.4, 0.5) is 5.69 Å². The maximum absolute atomic E-state index is 13.0. The van der Waals surface area contributed by atoms with Gasteiger partial charge in [0.15, 0.2) is 0 Å². The lowest BCUT2D eigenvalue weighted by Crippen LogP contribution is -2.36. The number of nitrogens with one attached hydrogen (secondary N) is 1. The molecule has 152 valence electrons. The minimum Gasteiger partial charge on any atom is -0.492 e. The second-order valence-electron chi connectivity index (χ2n) is 6.57. The molecule has 0 radical (unpaired) electrons. The fourth-order valence-electron chi connectivity index (χ4n) is 3.29. The lowest BCUT2D eigenvalue weighted by atomic mass is 10.1. The Morgan fingerprint density at radius 2 is 1.81 bits per heavy atom. The number of carbonyl (C=O) groups excluding carboxylic acids is 1. The number of hydrogen-bond donors (Lipinski definition) is 1. The SMILES string of the molecule is CCOc1ccc(NC(=O)CN2CCCCC2)cc1S(=O)(=O)N(CC)CC. The van der Waals surface area contributed by atoms with Crippen molar-refractivity contribution in [1.82, 2.24) is 9.21 Å². The predicted molar refractivity (Wildman–Crippen MR) is 107 cm³/mol. The van der Waals surface area contributed by atoms with Crippen LogP contribution in [0, 0.1) is 0 Å². The maximum atomic E-state index is 13.0. The Bertz CT molecular complexity index is 726. The number of rotatable bonds is 9. The Morgan fingerprint density at radius 1 is 1.15 bits per heavy atom. The highest BCUT2D eigenvalue weighted by atomic mass is 32.2. The molecule has 8 heteroatoms. The molecule has 2 rings (SSSR count). The first-order valence-electron chi connectivity index (χ1n) is 9.71. The van der Waals surface area contributed by atoms with Crippen LogP contribution in [0.25, 0.3) is 0 Å². The number of piperidine rings is 1. The number of carbonyl (C=O) groups is 1. The van der Waals surface area contributed by atoms with Crippen LogP contribution in [0.15, 0.2) is 23.1 Å². The summed E-state index contributed by atoms with van der Waals surface area (Å²) in [5.41, 5.74) is 0.464. The monoisotopic (exact) mass is 397 g/mol. The van der Waals surface area contributed by atoms with Gasteiger partial charge in [0.2, 0.25) is 15.9 Å². The molecule has 1 aromatic rings. The molecule has 1 aliphatic heterocycles. The molecule has 1 saturated heterocycles. The van der Waals surface area contributed by atoms with Crippen LogP contribution in [0.2, 0.25) is 0 Å². The van der Waals surface area contributed by atoms with Crippen LogP contribution >= 0.6 is 0 Å². The van der Waals surface area contributed by atoms with Crippen molar-refractivity contribution in [2.75, 3.05) is 44.6 Å². The zero-order valence-corrected chi connectivity index (χ0v) is 17.3. The Kier molecular flexibility index (Phi) is 8.07. The molecule has 0 aliphatic carbocycles. The van der Waals surface area contributed by atoms with Crippen LogP contribution in [0.1, 0.15) is 40.0 Å². The lowest BCUT2D eigenvalue weighted by Gasteiger charge is -2.25. The maximum Gasteiger partial charge on any atom is 0.246 e. The van der Waals surface area contributed by atoms with E-state index in [2.05, 4.69) is 10.2 Å². The number of anilines is 1. The fourth-order valence-corrected chi connectivity index (χ4v) is 4.90. The van der Waals surface area contributed by atoms with E-state index in [1.807, 2.05) is 6.92 Å². The second kappa shape index (κ2) is 10.1. The summed E-state index contributed by atoms with van der Waals surface area (Å²) in [5, 5.41) is 2.83. The van der Waals surface area contributed by atoms with Gasteiger partial charge in [0.1, 0.15) is 10.6 Å². The first-order valence-corrected chi connectivity index (χ1v) is 11.2. The number of sulfonamides is 1. The summed E-state index contributed by atoms with van der Waals surface area (Å²) in [6.07, 6.45) is 3.44. The van der Waals surface area contributed by atoms with Gasteiger partial charge in [0.05, 0.1) is 13.2 Å². The highest BCUT2D eigenvalue weighted by Gasteiger charge is 2.26. The third kappa shape index (κ3) is 5.67. The molecule has 0 saturated carbocycles. The summed E-state index contributed by atoms with van der Waals surface area (Å²) in [6.45, 7) is 8.69. The van der Waals surface area contributed by atoms with E-state index in [4.69, 9.17) is 4.74 Å². The van der Waals surface area contributed by atoms with Gasteiger partial charge in [-0.05, 0) is 51.1 Å². The quantitative estimate of drug-likeness (QED) is 0.693. The molecule has 1 aliphatic rings. The number of ether oxygens (including phenoxy) is 1. The van der Waals surface area contributed by atoms with Crippen LogP contribution < -0.4 is 10.1 Å². The highest BCUT2D eigenvalue weighted by Crippen LogP contribution is 2.30. The standard InChI is InChI=1S/C19H31N3O4S/c1-4-22(5-2)27(24,25)18-14-16(10-11-17(18)26-6-3)20-19(23)15-21-12-8-7-9-13-21/h10-11,14H,4-9,12-13,15H2,1-3H3,(H,20,23). The zero-order valence-electron chi connectivity index (χ0n) is 16.5. The fraction of sp³-hybridized carbons (Fsp3) is 0.632. The molecule has 1 heterocycles. The van der Waals surface area contributed by atoms with Crippen LogP contribution in [0.3, 0.4) is 0 Å². The molecule has 0 spiro atoms. The number of benzene rings is 1. The van der Waals surface area contributed by atoms with Gasteiger partial charge in [0.25, 0.3) is 0 Å². The highest BCUT2D eigenvalue weighted by molar-refractivity contribution is 7.89. The van der Waals surface area contributed by atoms with E-state index in [1.165, 1.54) is 16.8 Å². The summed E-state index contributed by atoms with van der Waals surface area (Å²) in [5.74, 6) is 0.172. The molecule has 1 aromatic carbocycles. The molecule has 0 atom stereocenters. The van der Waals surface area contributed by atoms with E-state index < -0.39 is 10.0 Å². The van der Waals surface area contributed by atoms with Gasteiger partial charge in [-0.2, -0.15) is 4.31 Å². The third-order valence-corrected chi connectivity index (χ3v) is 6.74. The van der Waals surface area contributed by atoms with Crippen molar-refractivity contribution in [2.45, 2.75) is 44.9 Å². The Labute approximate surface area is 162 Å². The van der Waals surface area contributed by atoms with Crippen molar-refractivity contribution in [3.05, 3.63) is 18.2 Å². The van der Waals surface area contributed by atoms with Gasteiger partial charge in [0, 0.05) is 18.8 Å². The topological polar surface area (TPSA) is 79.0 Å². The van der Waals surface area contributed by atoms with E-state index in [9.17, 15) is 13.2 Å². The normalized spacial score (nSPS) is 15.7. The Hall–Kier alpha value is -1.64. The summed E-state index contributed by atoms with van der Waals surface area (Å²) in [7, 11) is -3.69. The van der Waals surface area contributed by atoms with Gasteiger partial charge in [-0.1, -0.05) is 20.3 Å². The molecule has 1 amide bonds. The largest absolute Gasteiger partial charge is 0.492 e.